The molecule has 1 saturated heterocycles. The Kier molecular flexibility index (Phi) is 8.39. The highest BCUT2D eigenvalue weighted by molar-refractivity contribution is 7.85. The smallest absolute Gasteiger partial charge is 0.410 e. The number of carbonyl (C=O) groups excluding carboxylic acids is 1. The van der Waals surface area contributed by atoms with Crippen molar-refractivity contribution in [3.63, 3.8) is 0 Å². The second kappa shape index (κ2) is 10.4. The highest BCUT2D eigenvalue weighted by atomic mass is 32.2. The van der Waals surface area contributed by atoms with Gasteiger partial charge in [0, 0.05) is 25.0 Å². The third-order valence-corrected chi connectivity index (χ3v) is 5.80. The largest absolute Gasteiger partial charge is 0.444 e. The Hall–Kier alpha value is -2.49. The summed E-state index contributed by atoms with van der Waals surface area (Å²) < 4.78 is 48.0. The minimum Gasteiger partial charge on any atom is -0.444 e. The summed E-state index contributed by atoms with van der Waals surface area (Å²) in [5.41, 5.74) is 7.57. The molecule has 2 aromatic carbocycles. The van der Waals surface area contributed by atoms with Crippen LogP contribution in [0.1, 0.15) is 44.2 Å². The zero-order chi connectivity index (χ0) is 24.1. The summed E-state index contributed by atoms with van der Waals surface area (Å²) in [7, 11) is -4.02. The van der Waals surface area contributed by atoms with Crippen LogP contribution in [0.25, 0.3) is 0 Å². The fourth-order valence-electron chi connectivity index (χ4n) is 3.24. The third kappa shape index (κ3) is 7.89. The highest BCUT2D eigenvalue weighted by Crippen LogP contribution is 2.27. The molecular weight excluding hydrogens is 435 g/mol. The molecule has 1 aliphatic rings. The third-order valence-electron chi connectivity index (χ3n) is 4.93. The lowest BCUT2D eigenvalue weighted by atomic mass is 9.87. The molecule has 1 aliphatic heterocycles. The molecular formula is C23H31FN2O5S. The zero-order valence-electron chi connectivity index (χ0n) is 18.8. The van der Waals surface area contributed by atoms with Crippen LogP contribution in [0.5, 0.6) is 0 Å². The first-order chi connectivity index (χ1) is 14.8. The topological polar surface area (TPSA) is 110 Å². The zero-order valence-corrected chi connectivity index (χ0v) is 19.6. The lowest BCUT2D eigenvalue weighted by molar-refractivity contribution is 0.0186. The Morgan fingerprint density at radius 1 is 1.12 bits per heavy atom. The van der Waals surface area contributed by atoms with Gasteiger partial charge in [0.25, 0.3) is 10.1 Å². The Morgan fingerprint density at radius 3 is 2.19 bits per heavy atom. The van der Waals surface area contributed by atoms with Crippen molar-refractivity contribution >= 4 is 16.2 Å². The van der Waals surface area contributed by atoms with E-state index in [1.807, 2.05) is 27.7 Å². The number of likely N-dealkylation sites (tertiary alicyclic amines) is 1. The van der Waals surface area contributed by atoms with Gasteiger partial charge in [0.15, 0.2) is 0 Å². The number of nitrogens with two attached hydrogens (primary N) is 1. The molecule has 1 heterocycles. The average Bonchev–Trinajstić information content (AvgIpc) is 2.68. The molecule has 176 valence electrons. The fraction of sp³-hybridized carbons (Fsp3) is 0.435. The van der Waals surface area contributed by atoms with Crippen molar-refractivity contribution in [2.75, 3.05) is 13.1 Å². The summed E-state index contributed by atoms with van der Waals surface area (Å²) in [5.74, 6) is -0.265. The van der Waals surface area contributed by atoms with Gasteiger partial charge in [0.1, 0.15) is 11.4 Å². The SMILES string of the molecule is CC(C)(C)OC(=O)N1CC[C@@H](N)[C@H](c2ccc(F)cc2)C1.Cc1ccc(S(=O)(=O)O)cc1. The Bertz CT molecular complexity index is 1000. The van der Waals surface area contributed by atoms with Gasteiger partial charge in [-0.1, -0.05) is 29.8 Å². The van der Waals surface area contributed by atoms with Crippen LogP contribution >= 0.6 is 0 Å². The van der Waals surface area contributed by atoms with Gasteiger partial charge < -0.3 is 15.4 Å². The van der Waals surface area contributed by atoms with Gasteiger partial charge in [-0.15, -0.1) is 0 Å². The molecule has 0 bridgehead atoms. The summed E-state index contributed by atoms with van der Waals surface area (Å²) in [6.45, 7) is 8.47. The Morgan fingerprint density at radius 2 is 1.69 bits per heavy atom. The van der Waals surface area contributed by atoms with Crippen LogP contribution in [0, 0.1) is 12.7 Å². The molecule has 3 rings (SSSR count). The average molecular weight is 467 g/mol. The van der Waals surface area contributed by atoms with Gasteiger partial charge in [-0.25, -0.2) is 9.18 Å². The van der Waals surface area contributed by atoms with E-state index in [1.165, 1.54) is 24.3 Å². The number of hydrogen-bond donors (Lipinski definition) is 2. The van der Waals surface area contributed by atoms with Crippen LogP contribution in [-0.4, -0.2) is 48.7 Å². The minimum atomic E-state index is -4.02. The molecule has 7 nitrogen and oxygen atoms in total. The number of benzene rings is 2. The molecule has 0 aliphatic carbocycles. The van der Waals surface area contributed by atoms with Gasteiger partial charge in [0.05, 0.1) is 4.90 Å². The van der Waals surface area contributed by atoms with Crippen LogP contribution < -0.4 is 5.73 Å². The summed E-state index contributed by atoms with van der Waals surface area (Å²) in [5, 5.41) is 0. The number of carbonyl (C=O) groups is 1. The maximum absolute atomic E-state index is 13.0. The van der Waals surface area contributed by atoms with E-state index in [2.05, 4.69) is 0 Å². The first kappa shape index (κ1) is 25.8. The molecule has 1 amide bonds. The molecule has 32 heavy (non-hydrogen) atoms. The molecule has 2 atom stereocenters. The first-order valence-corrected chi connectivity index (χ1v) is 11.7. The quantitative estimate of drug-likeness (QED) is 0.645. The number of amides is 1. The molecule has 3 N–H and O–H groups in total. The summed E-state index contributed by atoms with van der Waals surface area (Å²) in [4.78, 5) is 13.8. The minimum absolute atomic E-state index is 0.00636. The number of halogens is 1. The van der Waals surface area contributed by atoms with Gasteiger partial charge >= 0.3 is 6.09 Å². The van der Waals surface area contributed by atoms with Crippen LogP contribution in [0.4, 0.5) is 9.18 Å². The molecule has 0 unspecified atom stereocenters. The predicted molar refractivity (Wildman–Crippen MR) is 121 cm³/mol. The van der Waals surface area contributed by atoms with Crippen molar-refractivity contribution in [1.29, 1.82) is 0 Å². The number of hydrogen-bond acceptors (Lipinski definition) is 5. The van der Waals surface area contributed by atoms with Crippen molar-refractivity contribution in [3.05, 3.63) is 65.5 Å². The van der Waals surface area contributed by atoms with Gasteiger partial charge in [-0.05, 0) is 63.9 Å². The van der Waals surface area contributed by atoms with E-state index >= 15 is 0 Å². The molecule has 0 spiro atoms. The maximum Gasteiger partial charge on any atom is 0.410 e. The van der Waals surface area contributed by atoms with Crippen molar-refractivity contribution < 1.29 is 26.9 Å². The van der Waals surface area contributed by atoms with E-state index in [-0.39, 0.29) is 28.8 Å². The van der Waals surface area contributed by atoms with Crippen LogP contribution in [0.3, 0.4) is 0 Å². The Labute approximate surface area is 189 Å². The number of nitrogens with zero attached hydrogens (tertiary/aromatic N) is 1. The molecule has 0 radical (unpaired) electrons. The summed E-state index contributed by atoms with van der Waals surface area (Å²) >= 11 is 0. The van der Waals surface area contributed by atoms with E-state index in [4.69, 9.17) is 15.0 Å². The second-order valence-corrected chi connectivity index (χ2v) is 10.2. The summed E-state index contributed by atoms with van der Waals surface area (Å²) in [6, 6.07) is 12.3. The standard InChI is InChI=1S/C16H23FN2O2.C7H8O3S/c1-16(2,3)21-15(20)19-9-8-14(18)13(10-19)11-4-6-12(17)7-5-11;1-6-2-4-7(5-3-6)11(8,9)10/h4-7,13-14H,8-10,18H2,1-3H3;2-5H,1H3,(H,8,9,10)/t13-,14+;/m0./s1. The second-order valence-electron chi connectivity index (χ2n) is 8.83. The van der Waals surface area contributed by atoms with Gasteiger partial charge in [-0.2, -0.15) is 8.42 Å². The van der Waals surface area contributed by atoms with Crippen LogP contribution in [0.15, 0.2) is 53.4 Å². The van der Waals surface area contributed by atoms with Crippen LogP contribution in [-0.2, 0) is 14.9 Å². The van der Waals surface area contributed by atoms with Crippen LogP contribution in [0.2, 0.25) is 0 Å². The first-order valence-electron chi connectivity index (χ1n) is 10.3. The number of ether oxygens (including phenoxy) is 1. The molecule has 0 saturated carbocycles. The summed E-state index contributed by atoms with van der Waals surface area (Å²) in [6.07, 6.45) is 0.392. The lowest BCUT2D eigenvalue weighted by Gasteiger charge is -2.37. The van der Waals surface area contributed by atoms with Crippen molar-refractivity contribution in [2.24, 2.45) is 5.73 Å². The maximum atomic E-state index is 13.0. The van der Waals surface area contributed by atoms with E-state index in [1.54, 1.807) is 29.2 Å². The number of piperidine rings is 1. The monoisotopic (exact) mass is 466 g/mol. The molecule has 9 heteroatoms. The highest BCUT2D eigenvalue weighted by Gasteiger charge is 2.32. The number of rotatable bonds is 2. The molecule has 0 aromatic heterocycles. The molecule has 2 aromatic rings. The Balaban J connectivity index is 0.000000278. The van der Waals surface area contributed by atoms with E-state index < -0.39 is 15.7 Å². The van der Waals surface area contributed by atoms with E-state index in [9.17, 15) is 17.6 Å². The van der Waals surface area contributed by atoms with E-state index in [0.29, 0.717) is 19.5 Å². The van der Waals surface area contributed by atoms with Crippen molar-refractivity contribution in [1.82, 2.24) is 4.90 Å². The normalized spacial score (nSPS) is 19.0. The fourth-order valence-corrected chi connectivity index (χ4v) is 3.72. The lowest BCUT2D eigenvalue weighted by Crippen LogP contribution is -2.49. The van der Waals surface area contributed by atoms with Gasteiger partial charge in [0.2, 0.25) is 0 Å². The van der Waals surface area contributed by atoms with Crippen molar-refractivity contribution in [3.8, 4) is 0 Å². The van der Waals surface area contributed by atoms with E-state index in [0.717, 1.165) is 11.1 Å². The van der Waals surface area contributed by atoms with Crippen molar-refractivity contribution in [2.45, 2.75) is 56.6 Å². The molecule has 1 fully saturated rings. The van der Waals surface area contributed by atoms with Gasteiger partial charge in [-0.3, -0.25) is 4.55 Å². The number of aryl methyl sites for hydroxylation is 1. The predicted octanol–water partition coefficient (Wildman–Crippen LogP) is 4.12.